The quantitative estimate of drug-likeness (QED) is 0.654. The highest BCUT2D eigenvalue weighted by atomic mass is 32.2. The van der Waals surface area contributed by atoms with Gasteiger partial charge in [-0.15, -0.1) is 0 Å². The highest BCUT2D eigenvalue weighted by Gasteiger charge is 2.36. The number of ether oxygens (including phenoxy) is 3. The average Bonchev–Trinajstić information content (AvgIpc) is 3.01. The predicted octanol–water partition coefficient (Wildman–Crippen LogP) is 3.70. The van der Waals surface area contributed by atoms with E-state index in [-0.39, 0.29) is 11.4 Å². The Morgan fingerprint density at radius 3 is 2.19 bits per heavy atom. The minimum atomic E-state index is -0.539. The van der Waals surface area contributed by atoms with Crippen molar-refractivity contribution >= 4 is 40.6 Å². The first-order chi connectivity index (χ1) is 14.9. The first-order valence-electron chi connectivity index (χ1n) is 9.28. The molecular formula is C22H22N2O6S. The van der Waals surface area contributed by atoms with Crippen LogP contribution in [0.2, 0.25) is 0 Å². The van der Waals surface area contributed by atoms with Crippen LogP contribution in [-0.2, 0) is 9.59 Å². The summed E-state index contributed by atoms with van der Waals surface area (Å²) >= 11 is 0.769. The second-order valence-electron chi connectivity index (χ2n) is 6.64. The van der Waals surface area contributed by atoms with Crippen LogP contribution in [0.5, 0.6) is 17.2 Å². The highest BCUT2D eigenvalue weighted by molar-refractivity contribution is 8.18. The molecular weight excluding hydrogens is 420 g/mol. The van der Waals surface area contributed by atoms with Gasteiger partial charge in [-0.2, -0.15) is 0 Å². The zero-order valence-corrected chi connectivity index (χ0v) is 18.4. The van der Waals surface area contributed by atoms with Crippen LogP contribution < -0.4 is 19.5 Å². The Balaban J connectivity index is 1.77. The van der Waals surface area contributed by atoms with Crippen LogP contribution in [0.1, 0.15) is 11.1 Å². The zero-order valence-electron chi connectivity index (χ0n) is 17.6. The standard InChI is InChI=1S/C22H22N2O6S/c1-13-5-7-15(8-6-13)23-19(25)12-24-21(26)18(31-22(24)27)11-14-9-16(28-2)20(30-4)17(10-14)29-3/h5-11H,12H2,1-4H3,(H,23,25)/b18-11+. The lowest BCUT2D eigenvalue weighted by Crippen LogP contribution is -2.36. The van der Waals surface area contributed by atoms with Crippen LogP contribution in [0, 0.1) is 6.92 Å². The zero-order chi connectivity index (χ0) is 22.5. The Hall–Kier alpha value is -3.46. The topological polar surface area (TPSA) is 94.2 Å². The number of hydrogen-bond acceptors (Lipinski definition) is 7. The number of nitrogens with one attached hydrogen (secondary N) is 1. The van der Waals surface area contributed by atoms with Crippen LogP contribution in [-0.4, -0.2) is 49.8 Å². The average molecular weight is 442 g/mol. The fourth-order valence-corrected chi connectivity index (χ4v) is 3.79. The molecule has 8 nitrogen and oxygen atoms in total. The number of hydrogen-bond donors (Lipinski definition) is 1. The summed E-state index contributed by atoms with van der Waals surface area (Å²) in [5.41, 5.74) is 2.24. The minimum absolute atomic E-state index is 0.197. The number of rotatable bonds is 7. The first-order valence-corrected chi connectivity index (χ1v) is 10.1. The van der Waals surface area contributed by atoms with Crippen molar-refractivity contribution < 1.29 is 28.6 Å². The van der Waals surface area contributed by atoms with Gasteiger partial charge >= 0.3 is 0 Å². The molecule has 0 spiro atoms. The molecule has 1 aliphatic heterocycles. The van der Waals surface area contributed by atoms with Crippen molar-refractivity contribution in [3.8, 4) is 17.2 Å². The summed E-state index contributed by atoms with van der Waals surface area (Å²) in [6, 6.07) is 10.6. The SMILES string of the molecule is COc1cc(/C=C2/SC(=O)N(CC(=O)Nc3ccc(C)cc3)C2=O)cc(OC)c1OC. The molecule has 162 valence electrons. The number of carbonyl (C=O) groups is 3. The van der Waals surface area contributed by atoms with Crippen LogP contribution in [0.15, 0.2) is 41.3 Å². The minimum Gasteiger partial charge on any atom is -0.493 e. The number of aryl methyl sites for hydroxylation is 1. The Kier molecular flexibility index (Phi) is 6.86. The molecule has 1 saturated heterocycles. The van der Waals surface area contributed by atoms with Gasteiger partial charge in [0.25, 0.3) is 11.1 Å². The van der Waals surface area contributed by atoms with E-state index in [1.54, 1.807) is 30.3 Å². The normalized spacial score (nSPS) is 14.7. The van der Waals surface area contributed by atoms with Crippen LogP contribution >= 0.6 is 11.8 Å². The summed E-state index contributed by atoms with van der Waals surface area (Å²) in [4.78, 5) is 38.5. The maximum Gasteiger partial charge on any atom is 0.294 e. The van der Waals surface area contributed by atoms with Crippen molar-refractivity contribution in [1.82, 2.24) is 4.90 Å². The number of anilines is 1. The molecule has 31 heavy (non-hydrogen) atoms. The summed E-state index contributed by atoms with van der Waals surface area (Å²) in [7, 11) is 4.47. The Bertz CT molecular complexity index is 1020. The van der Waals surface area contributed by atoms with Crippen molar-refractivity contribution in [2.75, 3.05) is 33.2 Å². The molecule has 1 aliphatic rings. The van der Waals surface area contributed by atoms with E-state index in [0.29, 0.717) is 28.5 Å². The van der Waals surface area contributed by atoms with Gasteiger partial charge in [0.15, 0.2) is 11.5 Å². The second-order valence-corrected chi connectivity index (χ2v) is 7.63. The molecule has 0 saturated carbocycles. The Labute approximate surface area is 184 Å². The summed E-state index contributed by atoms with van der Waals surface area (Å²) in [5, 5.41) is 2.17. The number of amides is 3. The van der Waals surface area contributed by atoms with Gasteiger partial charge < -0.3 is 19.5 Å². The smallest absolute Gasteiger partial charge is 0.294 e. The van der Waals surface area contributed by atoms with Crippen molar-refractivity contribution in [1.29, 1.82) is 0 Å². The van der Waals surface area contributed by atoms with E-state index < -0.39 is 17.1 Å². The molecule has 0 bridgehead atoms. The van der Waals surface area contributed by atoms with E-state index in [0.717, 1.165) is 22.2 Å². The molecule has 0 unspecified atom stereocenters. The largest absolute Gasteiger partial charge is 0.493 e. The first kappa shape index (κ1) is 22.2. The highest BCUT2D eigenvalue weighted by Crippen LogP contribution is 2.40. The number of carbonyl (C=O) groups excluding carboxylic acids is 3. The molecule has 3 rings (SSSR count). The lowest BCUT2D eigenvalue weighted by atomic mass is 10.1. The van der Waals surface area contributed by atoms with E-state index in [1.165, 1.54) is 21.3 Å². The van der Waals surface area contributed by atoms with Crippen molar-refractivity contribution in [3.63, 3.8) is 0 Å². The van der Waals surface area contributed by atoms with Crippen LogP contribution in [0.4, 0.5) is 10.5 Å². The lowest BCUT2D eigenvalue weighted by Gasteiger charge is -2.13. The van der Waals surface area contributed by atoms with Crippen molar-refractivity contribution in [3.05, 3.63) is 52.4 Å². The summed E-state index contributed by atoms with van der Waals surface area (Å²) < 4.78 is 15.9. The summed E-state index contributed by atoms with van der Waals surface area (Å²) in [5.74, 6) is 0.264. The van der Waals surface area contributed by atoms with Gasteiger partial charge in [-0.3, -0.25) is 19.3 Å². The molecule has 1 fully saturated rings. The van der Waals surface area contributed by atoms with Gasteiger partial charge in [-0.1, -0.05) is 17.7 Å². The number of nitrogens with zero attached hydrogens (tertiary/aromatic N) is 1. The third-order valence-corrected chi connectivity index (χ3v) is 5.40. The summed E-state index contributed by atoms with van der Waals surface area (Å²) in [6.07, 6.45) is 1.55. The molecule has 0 atom stereocenters. The second kappa shape index (κ2) is 9.57. The van der Waals surface area contributed by atoms with E-state index in [2.05, 4.69) is 5.32 Å². The molecule has 2 aromatic carbocycles. The number of imide groups is 1. The third-order valence-electron chi connectivity index (χ3n) is 4.50. The maximum atomic E-state index is 12.7. The molecule has 3 amide bonds. The third kappa shape index (κ3) is 5.00. The Morgan fingerprint density at radius 1 is 1.03 bits per heavy atom. The van der Waals surface area contributed by atoms with Gasteiger partial charge in [0.2, 0.25) is 11.7 Å². The number of methoxy groups -OCH3 is 3. The molecule has 0 aromatic heterocycles. The molecule has 1 N–H and O–H groups in total. The van der Waals surface area contributed by atoms with Gasteiger partial charge in [-0.05, 0) is 54.6 Å². The maximum absolute atomic E-state index is 12.7. The molecule has 0 aliphatic carbocycles. The fraction of sp³-hybridized carbons (Fsp3) is 0.227. The number of benzene rings is 2. The van der Waals surface area contributed by atoms with E-state index in [1.807, 2.05) is 19.1 Å². The van der Waals surface area contributed by atoms with E-state index >= 15 is 0 Å². The van der Waals surface area contributed by atoms with Crippen molar-refractivity contribution in [2.24, 2.45) is 0 Å². The lowest BCUT2D eigenvalue weighted by molar-refractivity contribution is -0.127. The fourth-order valence-electron chi connectivity index (χ4n) is 2.95. The van der Waals surface area contributed by atoms with Gasteiger partial charge in [0, 0.05) is 5.69 Å². The number of thioether (sulfide) groups is 1. The van der Waals surface area contributed by atoms with Gasteiger partial charge in [-0.25, -0.2) is 0 Å². The van der Waals surface area contributed by atoms with Crippen LogP contribution in [0.3, 0.4) is 0 Å². The van der Waals surface area contributed by atoms with E-state index in [4.69, 9.17) is 14.2 Å². The molecule has 9 heteroatoms. The summed E-state index contributed by atoms with van der Waals surface area (Å²) in [6.45, 7) is 1.57. The van der Waals surface area contributed by atoms with Gasteiger partial charge in [0.05, 0.1) is 26.2 Å². The molecule has 0 radical (unpaired) electrons. The van der Waals surface area contributed by atoms with Crippen molar-refractivity contribution in [2.45, 2.75) is 6.92 Å². The van der Waals surface area contributed by atoms with Crippen LogP contribution in [0.25, 0.3) is 6.08 Å². The monoisotopic (exact) mass is 442 g/mol. The predicted molar refractivity (Wildman–Crippen MR) is 119 cm³/mol. The van der Waals surface area contributed by atoms with E-state index in [9.17, 15) is 14.4 Å². The molecule has 1 heterocycles. The van der Waals surface area contributed by atoms with Gasteiger partial charge in [0.1, 0.15) is 6.54 Å². The Morgan fingerprint density at radius 2 is 1.65 bits per heavy atom. The molecule has 2 aromatic rings.